The number of methoxy groups -OCH3 is 2. The highest BCUT2D eigenvalue weighted by atomic mass is 16.5. The van der Waals surface area contributed by atoms with E-state index >= 15 is 0 Å². The SMILES string of the molecule is [C-]#[N+]c1cc(/C=C\c2ccc(N(c3ccccc3)c3ccc(OC)cc3)cc2)ccc1/C=C\c1ccc(/C=C\c2ccc(N(c3ccccc3)c3ccc(OC)cc3)cc2)cc1C#N. The third-order valence-corrected chi connectivity index (χ3v) is 10.7. The Kier molecular flexibility index (Phi) is 13.2. The summed E-state index contributed by atoms with van der Waals surface area (Å²) in [6.45, 7) is 7.93. The van der Waals surface area contributed by atoms with E-state index < -0.39 is 0 Å². The number of benzene rings is 8. The van der Waals surface area contributed by atoms with Crippen LogP contribution in [0.1, 0.15) is 38.9 Å². The highest BCUT2D eigenvalue weighted by molar-refractivity contribution is 5.84. The summed E-state index contributed by atoms with van der Waals surface area (Å²) in [5.74, 6) is 1.62. The van der Waals surface area contributed by atoms with Gasteiger partial charge in [-0.2, -0.15) is 5.26 Å². The lowest BCUT2D eigenvalue weighted by atomic mass is 10.0. The fourth-order valence-electron chi connectivity index (χ4n) is 7.37. The molecular weight excluding hydrogens is 785 g/mol. The summed E-state index contributed by atoms with van der Waals surface area (Å²) in [4.78, 5) is 8.24. The van der Waals surface area contributed by atoms with Crippen LogP contribution in [0.2, 0.25) is 0 Å². The van der Waals surface area contributed by atoms with Crippen LogP contribution < -0.4 is 19.3 Å². The molecule has 0 aliphatic heterocycles. The molecular formula is C58H44N4O2. The first-order valence-electron chi connectivity index (χ1n) is 20.8. The van der Waals surface area contributed by atoms with Gasteiger partial charge in [-0.25, -0.2) is 4.85 Å². The van der Waals surface area contributed by atoms with Crippen LogP contribution in [0.25, 0.3) is 41.3 Å². The quantitative estimate of drug-likeness (QED) is 0.0807. The zero-order chi connectivity index (χ0) is 44.1. The molecule has 64 heavy (non-hydrogen) atoms. The van der Waals surface area contributed by atoms with Crippen LogP contribution in [0.4, 0.5) is 39.8 Å². The molecule has 6 nitrogen and oxygen atoms in total. The molecule has 0 aliphatic carbocycles. The van der Waals surface area contributed by atoms with E-state index in [2.05, 4.69) is 124 Å². The van der Waals surface area contributed by atoms with Crippen molar-refractivity contribution in [3.63, 3.8) is 0 Å². The van der Waals surface area contributed by atoms with Crippen LogP contribution in [0.3, 0.4) is 0 Å². The Morgan fingerprint density at radius 3 is 1.20 bits per heavy atom. The van der Waals surface area contributed by atoms with Crippen LogP contribution in [-0.4, -0.2) is 14.2 Å². The van der Waals surface area contributed by atoms with Gasteiger partial charge in [-0.15, -0.1) is 0 Å². The van der Waals surface area contributed by atoms with Crippen molar-refractivity contribution in [3.05, 3.63) is 244 Å². The van der Waals surface area contributed by atoms with Crippen LogP contribution in [0.5, 0.6) is 11.5 Å². The first-order chi connectivity index (χ1) is 31.5. The maximum atomic E-state index is 10.1. The van der Waals surface area contributed by atoms with Gasteiger partial charge in [-0.05, 0) is 143 Å². The van der Waals surface area contributed by atoms with Gasteiger partial charge in [0.05, 0.1) is 32.4 Å². The molecule has 0 aromatic heterocycles. The Morgan fingerprint density at radius 1 is 0.422 bits per heavy atom. The molecule has 8 aromatic carbocycles. The lowest BCUT2D eigenvalue weighted by Crippen LogP contribution is -2.09. The van der Waals surface area contributed by atoms with Crippen LogP contribution in [-0.2, 0) is 0 Å². The normalized spacial score (nSPS) is 11.1. The van der Waals surface area contributed by atoms with Crippen molar-refractivity contribution in [1.82, 2.24) is 0 Å². The maximum absolute atomic E-state index is 10.1. The van der Waals surface area contributed by atoms with Gasteiger partial charge >= 0.3 is 0 Å². The second-order valence-corrected chi connectivity index (χ2v) is 14.8. The predicted molar refractivity (Wildman–Crippen MR) is 266 cm³/mol. The van der Waals surface area contributed by atoms with Gasteiger partial charge in [-0.1, -0.05) is 121 Å². The molecule has 0 heterocycles. The second kappa shape index (κ2) is 20.1. The van der Waals surface area contributed by atoms with E-state index in [9.17, 15) is 5.26 Å². The summed E-state index contributed by atoms with van der Waals surface area (Å²) in [7, 11) is 3.34. The number of ether oxygens (including phenoxy) is 2. The molecule has 8 rings (SSSR count). The van der Waals surface area contributed by atoms with Crippen molar-refractivity contribution in [2.45, 2.75) is 0 Å². The van der Waals surface area contributed by atoms with Gasteiger partial charge in [0.1, 0.15) is 11.5 Å². The van der Waals surface area contributed by atoms with E-state index in [4.69, 9.17) is 16.0 Å². The summed E-state index contributed by atoms with van der Waals surface area (Å²) in [5.41, 5.74) is 12.8. The lowest BCUT2D eigenvalue weighted by Gasteiger charge is -2.25. The van der Waals surface area contributed by atoms with Gasteiger partial charge in [0.2, 0.25) is 0 Å². The van der Waals surface area contributed by atoms with E-state index in [0.29, 0.717) is 11.3 Å². The Balaban J connectivity index is 0.936. The molecule has 308 valence electrons. The molecule has 0 saturated heterocycles. The molecule has 0 spiro atoms. The van der Waals surface area contributed by atoms with Crippen molar-refractivity contribution in [3.8, 4) is 17.6 Å². The second-order valence-electron chi connectivity index (χ2n) is 14.8. The van der Waals surface area contributed by atoms with Crippen molar-refractivity contribution in [1.29, 1.82) is 5.26 Å². The molecule has 6 heteroatoms. The first-order valence-corrected chi connectivity index (χ1v) is 20.8. The lowest BCUT2D eigenvalue weighted by molar-refractivity contribution is 0.414. The zero-order valence-corrected chi connectivity index (χ0v) is 35.5. The molecule has 0 amide bonds. The van der Waals surface area contributed by atoms with Crippen molar-refractivity contribution in [2.75, 3.05) is 24.0 Å². The van der Waals surface area contributed by atoms with Crippen molar-refractivity contribution < 1.29 is 9.47 Å². The third kappa shape index (κ3) is 10.0. The number of nitrogens with zero attached hydrogens (tertiary/aromatic N) is 4. The minimum absolute atomic E-state index is 0.534. The highest BCUT2D eigenvalue weighted by Gasteiger charge is 2.14. The highest BCUT2D eigenvalue weighted by Crippen LogP contribution is 2.37. The minimum Gasteiger partial charge on any atom is -0.497 e. The number of hydrogen-bond acceptors (Lipinski definition) is 5. The summed E-state index contributed by atoms with van der Waals surface area (Å²) in [6, 6.07) is 67.4. The molecule has 0 unspecified atom stereocenters. The maximum Gasteiger partial charge on any atom is 0.194 e. The van der Waals surface area contributed by atoms with E-state index in [1.807, 2.05) is 127 Å². The smallest absolute Gasteiger partial charge is 0.194 e. The van der Waals surface area contributed by atoms with E-state index in [-0.39, 0.29) is 0 Å². The molecule has 0 bridgehead atoms. The molecule has 0 aliphatic rings. The number of para-hydroxylation sites is 2. The molecule has 0 radical (unpaired) electrons. The topological polar surface area (TPSA) is 53.1 Å². The predicted octanol–water partition coefficient (Wildman–Crippen LogP) is 15.6. The molecule has 8 aromatic rings. The summed E-state index contributed by atoms with van der Waals surface area (Å²) in [6.07, 6.45) is 11.9. The van der Waals surface area contributed by atoms with Gasteiger partial charge in [0.15, 0.2) is 5.69 Å². The Morgan fingerprint density at radius 2 is 0.781 bits per heavy atom. The first kappa shape index (κ1) is 41.9. The van der Waals surface area contributed by atoms with Crippen LogP contribution in [0, 0.1) is 17.9 Å². The molecule has 0 N–H and O–H groups in total. The number of anilines is 6. The number of hydrogen-bond donors (Lipinski definition) is 0. The largest absolute Gasteiger partial charge is 0.497 e. The number of nitriles is 1. The Hall–Kier alpha value is -8.84. The average molecular weight is 829 g/mol. The molecule has 0 fully saturated rings. The number of rotatable bonds is 14. The minimum atomic E-state index is 0.534. The monoisotopic (exact) mass is 828 g/mol. The molecule has 0 atom stereocenters. The van der Waals surface area contributed by atoms with Crippen LogP contribution >= 0.6 is 0 Å². The fourth-order valence-corrected chi connectivity index (χ4v) is 7.37. The third-order valence-electron chi connectivity index (χ3n) is 10.7. The Labute approximate surface area is 375 Å². The summed E-state index contributed by atoms with van der Waals surface area (Å²) in [5, 5.41) is 10.1. The standard InChI is InChI=1S/C58H44N4O2/c1-60-58-41-46(17-15-44-22-30-53(31-23-44)62(51-12-8-5-9-13-51)55-34-38-57(64-3)39-35-55)19-25-48(58)27-26-47-24-18-45(40-49(47)42-59)16-14-43-20-28-52(29-21-43)61(50-10-6-4-7-11-50)54-32-36-56(63-2)37-33-54/h4-41H,2-3H3/b16-14-,17-15-,27-26-. The summed E-state index contributed by atoms with van der Waals surface area (Å²) < 4.78 is 10.8. The van der Waals surface area contributed by atoms with Crippen molar-refractivity contribution in [2.24, 2.45) is 0 Å². The van der Waals surface area contributed by atoms with E-state index in [1.54, 1.807) is 14.2 Å². The van der Waals surface area contributed by atoms with Gasteiger partial charge < -0.3 is 19.3 Å². The fraction of sp³-hybridized carbons (Fsp3) is 0.0345. The van der Waals surface area contributed by atoms with Gasteiger partial charge in [0, 0.05) is 34.1 Å². The zero-order valence-electron chi connectivity index (χ0n) is 35.5. The van der Waals surface area contributed by atoms with Crippen molar-refractivity contribution >= 4 is 76.3 Å². The van der Waals surface area contributed by atoms with Gasteiger partial charge in [-0.3, -0.25) is 0 Å². The van der Waals surface area contributed by atoms with E-state index in [0.717, 1.165) is 79.0 Å². The van der Waals surface area contributed by atoms with E-state index in [1.165, 1.54) is 0 Å². The van der Waals surface area contributed by atoms with Crippen LogP contribution in [0.15, 0.2) is 194 Å². The summed E-state index contributed by atoms with van der Waals surface area (Å²) >= 11 is 0. The molecule has 0 saturated carbocycles. The van der Waals surface area contributed by atoms with Gasteiger partial charge in [0.25, 0.3) is 0 Å². The average Bonchev–Trinajstić information content (AvgIpc) is 3.36. The Bertz CT molecular complexity index is 2790.